The van der Waals surface area contributed by atoms with E-state index in [0.29, 0.717) is 12.4 Å². The highest BCUT2D eigenvalue weighted by atomic mass is 16.2. The molecule has 6 heteroatoms. The molecule has 19 heavy (non-hydrogen) atoms. The molecule has 0 saturated carbocycles. The molecule has 1 aromatic rings. The lowest BCUT2D eigenvalue weighted by atomic mass is 10.2. The predicted molar refractivity (Wildman–Crippen MR) is 77.0 cm³/mol. The number of rotatable bonds is 6. The molecule has 0 bridgehead atoms. The van der Waals surface area contributed by atoms with E-state index in [1.54, 1.807) is 4.90 Å². The van der Waals surface area contributed by atoms with Gasteiger partial charge in [-0.15, -0.1) is 0 Å². The van der Waals surface area contributed by atoms with Crippen LogP contribution in [-0.2, 0) is 11.2 Å². The molecule has 0 radical (unpaired) electrons. The van der Waals surface area contributed by atoms with Crippen molar-refractivity contribution in [1.29, 1.82) is 0 Å². The first-order valence-corrected chi connectivity index (χ1v) is 6.63. The molecule has 1 aromatic heterocycles. The zero-order valence-corrected chi connectivity index (χ0v) is 12.2. The maximum absolute atomic E-state index is 12.1. The molecule has 1 heterocycles. The Hall–Kier alpha value is -1.85. The SMILES string of the molecule is CCc1c(N)ncnc1N(C)CC(=O)N(CC)CC. The van der Waals surface area contributed by atoms with Crippen LogP contribution in [0.15, 0.2) is 6.33 Å². The molecule has 0 fully saturated rings. The topological polar surface area (TPSA) is 75.3 Å². The van der Waals surface area contributed by atoms with Crippen molar-refractivity contribution in [3.05, 3.63) is 11.9 Å². The van der Waals surface area contributed by atoms with Crippen molar-refractivity contribution in [2.75, 3.05) is 37.3 Å². The average Bonchev–Trinajstić information content (AvgIpc) is 2.39. The number of hydrogen-bond acceptors (Lipinski definition) is 5. The number of nitrogens with zero attached hydrogens (tertiary/aromatic N) is 4. The third-order valence-electron chi connectivity index (χ3n) is 3.16. The first kappa shape index (κ1) is 15.2. The van der Waals surface area contributed by atoms with Gasteiger partial charge in [0.15, 0.2) is 0 Å². The Morgan fingerprint density at radius 3 is 2.42 bits per heavy atom. The number of nitrogens with two attached hydrogens (primary N) is 1. The van der Waals surface area contributed by atoms with Gasteiger partial charge in [0.1, 0.15) is 18.0 Å². The van der Waals surface area contributed by atoms with Crippen molar-refractivity contribution < 1.29 is 4.79 Å². The molecule has 2 N–H and O–H groups in total. The number of likely N-dealkylation sites (N-methyl/N-ethyl adjacent to an activating group) is 2. The normalized spacial score (nSPS) is 10.3. The molecule has 0 aromatic carbocycles. The molecule has 0 saturated heterocycles. The summed E-state index contributed by atoms with van der Waals surface area (Å²) in [6.07, 6.45) is 2.17. The molecule has 1 amide bonds. The van der Waals surface area contributed by atoms with Gasteiger partial charge in [-0.3, -0.25) is 4.79 Å². The number of carbonyl (C=O) groups excluding carboxylic acids is 1. The molecule has 106 valence electrons. The number of anilines is 2. The number of nitrogen functional groups attached to an aromatic ring is 1. The highest BCUT2D eigenvalue weighted by molar-refractivity contribution is 5.81. The summed E-state index contributed by atoms with van der Waals surface area (Å²) in [6, 6.07) is 0. The second-order valence-corrected chi connectivity index (χ2v) is 4.34. The smallest absolute Gasteiger partial charge is 0.242 e. The Morgan fingerprint density at radius 1 is 1.26 bits per heavy atom. The van der Waals surface area contributed by atoms with E-state index in [1.165, 1.54) is 6.33 Å². The summed E-state index contributed by atoms with van der Waals surface area (Å²) in [4.78, 5) is 23.9. The number of hydrogen-bond donors (Lipinski definition) is 1. The third-order valence-corrected chi connectivity index (χ3v) is 3.16. The number of aromatic nitrogens is 2. The zero-order valence-electron chi connectivity index (χ0n) is 12.2. The van der Waals surface area contributed by atoms with Gasteiger partial charge >= 0.3 is 0 Å². The summed E-state index contributed by atoms with van der Waals surface area (Å²) in [5.41, 5.74) is 6.73. The molecule has 0 unspecified atom stereocenters. The largest absolute Gasteiger partial charge is 0.383 e. The van der Waals surface area contributed by atoms with Gasteiger partial charge in [0.05, 0.1) is 6.54 Å². The van der Waals surface area contributed by atoms with Gasteiger partial charge < -0.3 is 15.5 Å². The Morgan fingerprint density at radius 2 is 1.89 bits per heavy atom. The average molecular weight is 265 g/mol. The first-order valence-electron chi connectivity index (χ1n) is 6.63. The van der Waals surface area contributed by atoms with Crippen LogP contribution in [0.25, 0.3) is 0 Å². The maximum atomic E-state index is 12.1. The summed E-state index contributed by atoms with van der Waals surface area (Å²) < 4.78 is 0. The van der Waals surface area contributed by atoms with Crippen molar-refractivity contribution in [1.82, 2.24) is 14.9 Å². The second kappa shape index (κ2) is 6.92. The Kier molecular flexibility index (Phi) is 5.54. The fourth-order valence-corrected chi connectivity index (χ4v) is 2.04. The van der Waals surface area contributed by atoms with E-state index in [0.717, 1.165) is 30.9 Å². The monoisotopic (exact) mass is 265 g/mol. The Bertz CT molecular complexity index is 431. The molecule has 6 nitrogen and oxygen atoms in total. The highest BCUT2D eigenvalue weighted by Crippen LogP contribution is 2.20. The Balaban J connectivity index is 2.86. The van der Waals surface area contributed by atoms with E-state index in [-0.39, 0.29) is 5.91 Å². The van der Waals surface area contributed by atoms with Crippen LogP contribution in [0.2, 0.25) is 0 Å². The summed E-state index contributed by atoms with van der Waals surface area (Å²) in [6.45, 7) is 7.68. The van der Waals surface area contributed by atoms with Gasteiger partial charge in [0, 0.05) is 25.7 Å². The van der Waals surface area contributed by atoms with Crippen LogP contribution in [-0.4, -0.2) is 47.5 Å². The maximum Gasteiger partial charge on any atom is 0.242 e. The van der Waals surface area contributed by atoms with Crippen molar-refractivity contribution in [2.45, 2.75) is 27.2 Å². The fourth-order valence-electron chi connectivity index (χ4n) is 2.04. The van der Waals surface area contributed by atoms with E-state index in [9.17, 15) is 4.79 Å². The second-order valence-electron chi connectivity index (χ2n) is 4.34. The summed E-state index contributed by atoms with van der Waals surface area (Å²) >= 11 is 0. The highest BCUT2D eigenvalue weighted by Gasteiger charge is 2.17. The van der Waals surface area contributed by atoms with E-state index in [1.807, 2.05) is 32.7 Å². The minimum Gasteiger partial charge on any atom is -0.383 e. The van der Waals surface area contributed by atoms with Crippen molar-refractivity contribution in [2.24, 2.45) is 0 Å². The Labute approximate surface area is 114 Å². The van der Waals surface area contributed by atoms with Crippen LogP contribution in [0.3, 0.4) is 0 Å². The van der Waals surface area contributed by atoms with E-state index < -0.39 is 0 Å². The molecular weight excluding hydrogens is 242 g/mol. The summed E-state index contributed by atoms with van der Waals surface area (Å²) in [7, 11) is 1.85. The van der Waals surface area contributed by atoms with Gasteiger partial charge in [-0.2, -0.15) is 0 Å². The van der Waals surface area contributed by atoms with Gasteiger partial charge in [0.2, 0.25) is 5.91 Å². The standard InChI is InChI=1S/C13H23N5O/c1-5-10-12(14)15-9-16-13(10)17(4)8-11(19)18(6-2)7-3/h9H,5-8H2,1-4H3,(H2,14,15,16). The molecule has 0 aliphatic carbocycles. The van der Waals surface area contributed by atoms with Crippen molar-refractivity contribution in [3.8, 4) is 0 Å². The van der Waals surface area contributed by atoms with Gasteiger partial charge in [-0.1, -0.05) is 6.92 Å². The lowest BCUT2D eigenvalue weighted by molar-refractivity contribution is -0.129. The van der Waals surface area contributed by atoms with Gasteiger partial charge in [-0.05, 0) is 20.3 Å². The van der Waals surface area contributed by atoms with Crippen LogP contribution in [0, 0.1) is 0 Å². The lowest BCUT2D eigenvalue weighted by Gasteiger charge is -2.25. The van der Waals surface area contributed by atoms with Crippen molar-refractivity contribution >= 4 is 17.5 Å². The molecule has 0 aliphatic heterocycles. The summed E-state index contributed by atoms with van der Waals surface area (Å²) in [5.74, 6) is 1.30. The molecular formula is C13H23N5O. The number of amides is 1. The zero-order chi connectivity index (χ0) is 14.4. The molecule has 0 aliphatic rings. The summed E-state index contributed by atoms with van der Waals surface area (Å²) in [5, 5.41) is 0. The van der Waals surface area contributed by atoms with Crippen LogP contribution in [0.5, 0.6) is 0 Å². The lowest BCUT2D eigenvalue weighted by Crippen LogP contribution is -2.39. The van der Waals surface area contributed by atoms with Gasteiger partial charge in [0.25, 0.3) is 0 Å². The van der Waals surface area contributed by atoms with Crippen LogP contribution in [0.1, 0.15) is 26.3 Å². The van der Waals surface area contributed by atoms with E-state index >= 15 is 0 Å². The quantitative estimate of drug-likeness (QED) is 0.828. The van der Waals surface area contributed by atoms with E-state index in [4.69, 9.17) is 5.73 Å². The fraction of sp³-hybridized carbons (Fsp3) is 0.615. The van der Waals surface area contributed by atoms with Crippen LogP contribution >= 0.6 is 0 Å². The van der Waals surface area contributed by atoms with Crippen LogP contribution in [0.4, 0.5) is 11.6 Å². The van der Waals surface area contributed by atoms with Crippen LogP contribution < -0.4 is 10.6 Å². The van der Waals surface area contributed by atoms with Gasteiger partial charge in [-0.25, -0.2) is 9.97 Å². The van der Waals surface area contributed by atoms with Crippen molar-refractivity contribution in [3.63, 3.8) is 0 Å². The minimum absolute atomic E-state index is 0.0896. The molecule has 1 rings (SSSR count). The number of carbonyl (C=O) groups is 1. The minimum atomic E-state index is 0.0896. The predicted octanol–water partition coefficient (Wildman–Crippen LogP) is 0.926. The third kappa shape index (κ3) is 3.56. The molecule has 0 spiro atoms. The first-order chi connectivity index (χ1) is 9.04. The van der Waals surface area contributed by atoms with E-state index in [2.05, 4.69) is 9.97 Å². The molecule has 0 atom stereocenters.